The molecule has 2 rings (SSSR count). The summed E-state index contributed by atoms with van der Waals surface area (Å²) >= 11 is 0. The smallest absolute Gasteiger partial charge is 0.124 e. The lowest BCUT2D eigenvalue weighted by atomic mass is 9.95. The Labute approximate surface area is 126 Å². The Morgan fingerprint density at radius 1 is 0.952 bits per heavy atom. The Morgan fingerprint density at radius 3 is 2.29 bits per heavy atom. The van der Waals surface area contributed by atoms with Crippen molar-refractivity contribution in [3.8, 4) is 11.5 Å². The van der Waals surface area contributed by atoms with Gasteiger partial charge in [0.2, 0.25) is 0 Å². The SMILES string of the molecule is CCNC(c1ccccc1OC)c1cc(C)ccc1OC. The summed E-state index contributed by atoms with van der Waals surface area (Å²) in [6.45, 7) is 5.05. The Bertz CT molecular complexity index is 596. The third kappa shape index (κ3) is 3.37. The maximum absolute atomic E-state index is 5.54. The van der Waals surface area contributed by atoms with Gasteiger partial charge in [-0.1, -0.05) is 42.8 Å². The van der Waals surface area contributed by atoms with Crippen molar-refractivity contribution in [1.82, 2.24) is 5.32 Å². The first-order valence-electron chi connectivity index (χ1n) is 7.22. The average Bonchev–Trinajstić information content (AvgIpc) is 2.52. The van der Waals surface area contributed by atoms with Gasteiger partial charge < -0.3 is 14.8 Å². The van der Waals surface area contributed by atoms with E-state index < -0.39 is 0 Å². The second kappa shape index (κ2) is 7.14. The maximum Gasteiger partial charge on any atom is 0.124 e. The zero-order chi connectivity index (χ0) is 15.2. The van der Waals surface area contributed by atoms with E-state index in [0.29, 0.717) is 0 Å². The van der Waals surface area contributed by atoms with Crippen molar-refractivity contribution in [1.29, 1.82) is 0 Å². The molecule has 0 spiro atoms. The molecule has 0 amide bonds. The van der Waals surface area contributed by atoms with E-state index in [0.717, 1.165) is 29.2 Å². The van der Waals surface area contributed by atoms with Crippen molar-refractivity contribution in [2.45, 2.75) is 19.9 Å². The highest BCUT2D eigenvalue weighted by atomic mass is 16.5. The fourth-order valence-corrected chi connectivity index (χ4v) is 2.58. The van der Waals surface area contributed by atoms with E-state index in [9.17, 15) is 0 Å². The third-order valence-electron chi connectivity index (χ3n) is 3.55. The first kappa shape index (κ1) is 15.4. The zero-order valence-electron chi connectivity index (χ0n) is 13.1. The second-order valence-electron chi connectivity index (χ2n) is 4.98. The molecule has 0 bridgehead atoms. The number of hydrogen-bond acceptors (Lipinski definition) is 3. The topological polar surface area (TPSA) is 30.5 Å². The molecule has 1 N–H and O–H groups in total. The molecular formula is C18H23NO2. The number of rotatable bonds is 6. The maximum atomic E-state index is 5.54. The zero-order valence-corrected chi connectivity index (χ0v) is 13.1. The highest BCUT2D eigenvalue weighted by molar-refractivity contribution is 5.47. The summed E-state index contributed by atoms with van der Waals surface area (Å²) in [5.41, 5.74) is 3.46. The number of nitrogens with one attached hydrogen (secondary N) is 1. The van der Waals surface area contributed by atoms with Gasteiger partial charge in [-0.25, -0.2) is 0 Å². The van der Waals surface area contributed by atoms with E-state index in [1.807, 2.05) is 24.3 Å². The molecule has 0 aliphatic carbocycles. The van der Waals surface area contributed by atoms with Crippen molar-refractivity contribution in [2.75, 3.05) is 20.8 Å². The normalized spacial score (nSPS) is 12.0. The molecule has 3 heteroatoms. The molecule has 2 aromatic rings. The van der Waals surface area contributed by atoms with Crippen LogP contribution in [0.5, 0.6) is 11.5 Å². The fraction of sp³-hybridized carbons (Fsp3) is 0.333. The van der Waals surface area contributed by atoms with Crippen molar-refractivity contribution in [3.63, 3.8) is 0 Å². The van der Waals surface area contributed by atoms with Gasteiger partial charge in [0, 0.05) is 11.1 Å². The summed E-state index contributed by atoms with van der Waals surface area (Å²) in [4.78, 5) is 0. The van der Waals surface area contributed by atoms with Gasteiger partial charge in [0.1, 0.15) is 11.5 Å². The van der Waals surface area contributed by atoms with Crippen LogP contribution in [0.4, 0.5) is 0 Å². The van der Waals surface area contributed by atoms with Gasteiger partial charge in [0.25, 0.3) is 0 Å². The number of aryl methyl sites for hydroxylation is 1. The minimum absolute atomic E-state index is 0.0426. The Morgan fingerprint density at radius 2 is 1.62 bits per heavy atom. The molecule has 0 aliphatic heterocycles. The molecule has 0 aliphatic rings. The van der Waals surface area contributed by atoms with E-state index in [1.54, 1.807) is 14.2 Å². The molecular weight excluding hydrogens is 262 g/mol. The first-order valence-corrected chi connectivity index (χ1v) is 7.22. The van der Waals surface area contributed by atoms with Crippen molar-refractivity contribution >= 4 is 0 Å². The molecule has 112 valence electrons. The quantitative estimate of drug-likeness (QED) is 0.877. The highest BCUT2D eigenvalue weighted by Crippen LogP contribution is 2.35. The van der Waals surface area contributed by atoms with E-state index in [2.05, 4.69) is 37.4 Å². The molecule has 0 radical (unpaired) electrons. The largest absolute Gasteiger partial charge is 0.496 e. The molecule has 2 aromatic carbocycles. The molecule has 0 aromatic heterocycles. The van der Waals surface area contributed by atoms with E-state index in [-0.39, 0.29) is 6.04 Å². The summed E-state index contributed by atoms with van der Waals surface area (Å²) in [6.07, 6.45) is 0. The molecule has 21 heavy (non-hydrogen) atoms. The van der Waals surface area contributed by atoms with E-state index in [4.69, 9.17) is 9.47 Å². The number of para-hydroxylation sites is 1. The Balaban J connectivity index is 2.55. The van der Waals surface area contributed by atoms with Crippen molar-refractivity contribution in [2.24, 2.45) is 0 Å². The van der Waals surface area contributed by atoms with Gasteiger partial charge in [0.15, 0.2) is 0 Å². The standard InChI is InChI=1S/C18H23NO2/c1-5-19-18(14-8-6-7-9-16(14)20-3)15-12-13(2)10-11-17(15)21-4/h6-12,18-19H,5H2,1-4H3. The minimum atomic E-state index is 0.0426. The van der Waals surface area contributed by atoms with Crippen LogP contribution in [0.2, 0.25) is 0 Å². The summed E-state index contributed by atoms with van der Waals surface area (Å²) < 4.78 is 11.1. The molecule has 0 saturated heterocycles. The van der Waals surface area contributed by atoms with Crippen LogP contribution in [-0.2, 0) is 0 Å². The lowest BCUT2D eigenvalue weighted by Crippen LogP contribution is -2.23. The van der Waals surface area contributed by atoms with Crippen LogP contribution in [0, 0.1) is 6.92 Å². The lowest BCUT2D eigenvalue weighted by molar-refractivity contribution is 0.394. The van der Waals surface area contributed by atoms with Gasteiger partial charge in [0.05, 0.1) is 20.3 Å². The van der Waals surface area contributed by atoms with Crippen LogP contribution in [0.3, 0.4) is 0 Å². The molecule has 0 saturated carbocycles. The molecule has 3 nitrogen and oxygen atoms in total. The minimum Gasteiger partial charge on any atom is -0.496 e. The van der Waals surface area contributed by atoms with Crippen molar-refractivity contribution < 1.29 is 9.47 Å². The summed E-state index contributed by atoms with van der Waals surface area (Å²) in [7, 11) is 3.41. The molecule has 0 heterocycles. The van der Waals surface area contributed by atoms with E-state index in [1.165, 1.54) is 5.56 Å². The van der Waals surface area contributed by atoms with E-state index >= 15 is 0 Å². The molecule has 0 fully saturated rings. The van der Waals surface area contributed by atoms with Gasteiger partial charge in [-0.3, -0.25) is 0 Å². The first-order chi connectivity index (χ1) is 10.2. The predicted octanol–water partition coefficient (Wildman–Crippen LogP) is 3.71. The predicted molar refractivity (Wildman–Crippen MR) is 86.2 cm³/mol. The fourth-order valence-electron chi connectivity index (χ4n) is 2.58. The van der Waals surface area contributed by atoms with Gasteiger partial charge in [-0.15, -0.1) is 0 Å². The summed E-state index contributed by atoms with van der Waals surface area (Å²) in [5.74, 6) is 1.77. The summed E-state index contributed by atoms with van der Waals surface area (Å²) in [5, 5.41) is 3.53. The monoisotopic (exact) mass is 285 g/mol. The number of hydrogen-bond donors (Lipinski definition) is 1. The number of methoxy groups -OCH3 is 2. The lowest BCUT2D eigenvalue weighted by Gasteiger charge is -2.23. The molecule has 1 unspecified atom stereocenters. The average molecular weight is 285 g/mol. The van der Waals surface area contributed by atoms with Crippen LogP contribution < -0.4 is 14.8 Å². The van der Waals surface area contributed by atoms with Gasteiger partial charge >= 0.3 is 0 Å². The van der Waals surface area contributed by atoms with Crippen LogP contribution in [0.15, 0.2) is 42.5 Å². The second-order valence-corrected chi connectivity index (χ2v) is 4.98. The van der Waals surface area contributed by atoms with Crippen molar-refractivity contribution in [3.05, 3.63) is 59.2 Å². The van der Waals surface area contributed by atoms with Crippen LogP contribution in [-0.4, -0.2) is 20.8 Å². The van der Waals surface area contributed by atoms with Crippen LogP contribution in [0.25, 0.3) is 0 Å². The summed E-state index contributed by atoms with van der Waals surface area (Å²) in [6, 6.07) is 14.4. The third-order valence-corrected chi connectivity index (χ3v) is 3.55. The highest BCUT2D eigenvalue weighted by Gasteiger charge is 2.20. The van der Waals surface area contributed by atoms with Crippen LogP contribution in [0.1, 0.15) is 29.7 Å². The molecule has 1 atom stereocenters. The Kier molecular flexibility index (Phi) is 5.23. The van der Waals surface area contributed by atoms with Gasteiger partial charge in [-0.2, -0.15) is 0 Å². The van der Waals surface area contributed by atoms with Crippen LogP contribution >= 0.6 is 0 Å². The Hall–Kier alpha value is -2.00. The number of benzene rings is 2. The van der Waals surface area contributed by atoms with Gasteiger partial charge in [-0.05, 0) is 25.6 Å². The number of ether oxygens (including phenoxy) is 2.